The Bertz CT molecular complexity index is 1080. The van der Waals surface area contributed by atoms with Crippen LogP contribution in [0.1, 0.15) is 20.8 Å². The molecule has 0 aromatic rings. The van der Waals surface area contributed by atoms with Crippen LogP contribution in [0.4, 0.5) is 0 Å². The van der Waals surface area contributed by atoms with Crippen molar-refractivity contribution < 1.29 is 93.1 Å². The minimum atomic E-state index is -1.40. The molecule has 55 heavy (non-hydrogen) atoms. The smallest absolute Gasteiger partial charge is 0.330 e. The fourth-order valence-corrected chi connectivity index (χ4v) is 4.25. The van der Waals surface area contributed by atoms with Crippen LogP contribution in [0.5, 0.6) is 0 Å². The zero-order valence-electron chi connectivity index (χ0n) is 32.0. The van der Waals surface area contributed by atoms with Crippen molar-refractivity contribution in [3.63, 3.8) is 0 Å². The van der Waals surface area contributed by atoms with E-state index in [0.717, 1.165) is 0 Å². The molecule has 4 atom stereocenters. The molecular formula is C36H62O19. The van der Waals surface area contributed by atoms with E-state index in [9.17, 15) is 55.2 Å². The number of aliphatic hydroxyl groups is 8. The molecule has 0 heterocycles. The van der Waals surface area contributed by atoms with Crippen LogP contribution in [-0.2, 0) is 52.3 Å². The van der Waals surface area contributed by atoms with Crippen molar-refractivity contribution in [2.24, 2.45) is 16.2 Å². The maximum atomic E-state index is 11.6. The molecule has 8 N–H and O–H groups in total. The van der Waals surface area contributed by atoms with Gasteiger partial charge >= 0.3 is 17.9 Å². The quantitative estimate of drug-likeness (QED) is 0.0189. The molecule has 320 valence electrons. The summed E-state index contributed by atoms with van der Waals surface area (Å²) in [6.45, 7) is -2.53. The van der Waals surface area contributed by atoms with Crippen molar-refractivity contribution in [3.8, 4) is 0 Å². The van der Waals surface area contributed by atoms with Crippen LogP contribution >= 0.6 is 0 Å². The number of ether oxygens (including phenoxy) is 8. The first kappa shape index (κ1) is 52.1. The molecule has 0 radical (unpaired) electrons. The largest absolute Gasteiger partial charge is 0.460 e. The molecule has 0 saturated carbocycles. The Labute approximate surface area is 321 Å². The van der Waals surface area contributed by atoms with Crippen LogP contribution in [0.2, 0.25) is 0 Å². The number of aliphatic hydroxyl groups excluding tert-OH is 8. The predicted molar refractivity (Wildman–Crippen MR) is 192 cm³/mol. The Morgan fingerprint density at radius 3 is 0.891 bits per heavy atom. The standard InChI is InChI=1S/C36H62O19/c1-4-7-31(45)53-13-28(42)10-48-22-35(19-40,23-49-11-29(43)14-54-32(46)8-5-2)25-52-27-36(20-41,26-51-21-34(16-37,17-38)18-39)24-50-12-30(44)15-55-33(47)9-6-3/h4-9,28-30,37-44H,10-27H2,1-3H3. The number of rotatable bonds is 34. The first-order valence-corrected chi connectivity index (χ1v) is 17.6. The number of allylic oxidation sites excluding steroid dienone is 3. The fraction of sp³-hybridized carbons (Fsp3) is 0.750. The lowest BCUT2D eigenvalue weighted by Crippen LogP contribution is -2.47. The summed E-state index contributed by atoms with van der Waals surface area (Å²) in [6, 6.07) is 0. The summed E-state index contributed by atoms with van der Waals surface area (Å²) in [5.74, 6) is -2.00. The van der Waals surface area contributed by atoms with E-state index in [1.807, 2.05) is 0 Å². The maximum Gasteiger partial charge on any atom is 0.330 e. The van der Waals surface area contributed by atoms with Gasteiger partial charge in [0.15, 0.2) is 0 Å². The number of hydrogen-bond acceptors (Lipinski definition) is 19. The second kappa shape index (κ2) is 30.3. The minimum absolute atomic E-state index is 0.293. The van der Waals surface area contributed by atoms with Gasteiger partial charge in [0.1, 0.15) is 38.1 Å². The summed E-state index contributed by atoms with van der Waals surface area (Å²) in [4.78, 5) is 34.8. The molecule has 0 aliphatic rings. The number of carbonyl (C=O) groups is 3. The maximum absolute atomic E-state index is 11.6. The van der Waals surface area contributed by atoms with Crippen molar-refractivity contribution in [1.82, 2.24) is 0 Å². The predicted octanol–water partition coefficient (Wildman–Crippen LogP) is -2.57. The van der Waals surface area contributed by atoms with Gasteiger partial charge in [-0.2, -0.15) is 0 Å². The third-order valence-electron chi connectivity index (χ3n) is 7.63. The third kappa shape index (κ3) is 23.1. The topological polar surface area (TPSA) is 287 Å². The summed E-state index contributed by atoms with van der Waals surface area (Å²) >= 11 is 0. The Hall–Kier alpha value is -2.89. The summed E-state index contributed by atoms with van der Waals surface area (Å²) in [5, 5.41) is 81.0. The van der Waals surface area contributed by atoms with Gasteiger partial charge in [0.05, 0.1) is 115 Å². The first-order chi connectivity index (χ1) is 26.3. The highest BCUT2D eigenvalue weighted by Gasteiger charge is 2.37. The van der Waals surface area contributed by atoms with Crippen LogP contribution < -0.4 is 0 Å². The number of carbonyl (C=O) groups excluding carboxylic acids is 3. The zero-order valence-corrected chi connectivity index (χ0v) is 32.0. The monoisotopic (exact) mass is 798 g/mol. The van der Waals surface area contributed by atoms with Crippen molar-refractivity contribution in [2.75, 3.05) is 119 Å². The normalized spacial score (nSPS) is 16.2. The summed E-state index contributed by atoms with van der Waals surface area (Å²) in [7, 11) is 0. The molecule has 0 saturated heterocycles. The highest BCUT2D eigenvalue weighted by molar-refractivity contribution is 5.82. The van der Waals surface area contributed by atoms with E-state index in [1.54, 1.807) is 20.8 Å². The molecule has 0 aliphatic heterocycles. The molecule has 4 unspecified atom stereocenters. The van der Waals surface area contributed by atoms with E-state index >= 15 is 0 Å². The molecule has 0 aromatic heterocycles. The summed E-state index contributed by atoms with van der Waals surface area (Å²) in [5.41, 5.74) is -4.14. The van der Waals surface area contributed by atoms with Crippen LogP contribution in [0, 0.1) is 16.2 Å². The lowest BCUT2D eigenvalue weighted by molar-refractivity contribution is -0.154. The van der Waals surface area contributed by atoms with Crippen LogP contribution in [0.15, 0.2) is 36.5 Å². The van der Waals surface area contributed by atoms with Gasteiger partial charge in [0, 0.05) is 18.2 Å². The van der Waals surface area contributed by atoms with Crippen LogP contribution in [0.25, 0.3) is 0 Å². The number of hydrogen-bond donors (Lipinski definition) is 8. The van der Waals surface area contributed by atoms with Crippen molar-refractivity contribution in [2.45, 2.75) is 39.1 Å². The van der Waals surface area contributed by atoms with Gasteiger partial charge in [0.2, 0.25) is 0 Å². The molecule has 19 nitrogen and oxygen atoms in total. The molecule has 0 aliphatic carbocycles. The zero-order chi connectivity index (χ0) is 41.6. The highest BCUT2D eigenvalue weighted by atomic mass is 16.6. The van der Waals surface area contributed by atoms with Gasteiger partial charge in [-0.25, -0.2) is 14.4 Å². The SMILES string of the molecule is CC=CC(=O)OCC(O)COCC(CO)(COCC(O)COC(=O)C=CC)COCC(CO)(COCC(O)COC(=O)C=CC)COCC(CO)(CO)CO. The Morgan fingerprint density at radius 2 is 0.655 bits per heavy atom. The van der Waals surface area contributed by atoms with E-state index in [2.05, 4.69) is 0 Å². The van der Waals surface area contributed by atoms with Gasteiger partial charge < -0.3 is 78.7 Å². The number of esters is 3. The fourth-order valence-electron chi connectivity index (χ4n) is 4.25. The molecule has 0 spiro atoms. The second-order valence-electron chi connectivity index (χ2n) is 13.2. The van der Waals surface area contributed by atoms with Crippen molar-refractivity contribution in [1.29, 1.82) is 0 Å². The van der Waals surface area contributed by atoms with Gasteiger partial charge in [0.25, 0.3) is 0 Å². The van der Waals surface area contributed by atoms with Gasteiger partial charge in [-0.15, -0.1) is 0 Å². The van der Waals surface area contributed by atoms with Gasteiger partial charge in [-0.1, -0.05) is 18.2 Å². The molecule has 0 fully saturated rings. The first-order valence-electron chi connectivity index (χ1n) is 17.6. The molecule has 0 rings (SSSR count). The highest BCUT2D eigenvalue weighted by Crippen LogP contribution is 2.25. The third-order valence-corrected chi connectivity index (χ3v) is 7.63. The molecule has 0 bridgehead atoms. The Morgan fingerprint density at radius 1 is 0.418 bits per heavy atom. The second-order valence-corrected chi connectivity index (χ2v) is 13.2. The van der Waals surface area contributed by atoms with Crippen molar-refractivity contribution in [3.05, 3.63) is 36.5 Å². The summed E-state index contributed by atoms with van der Waals surface area (Å²) < 4.78 is 43.4. The molecule has 0 aromatic carbocycles. The van der Waals surface area contributed by atoms with E-state index in [-0.39, 0.29) is 85.9 Å². The van der Waals surface area contributed by atoms with Crippen molar-refractivity contribution >= 4 is 17.9 Å². The lowest BCUT2D eigenvalue weighted by atomic mass is 9.89. The Kier molecular flexibility index (Phi) is 28.7. The Balaban J connectivity index is 5.92. The lowest BCUT2D eigenvalue weighted by Gasteiger charge is -2.36. The van der Waals surface area contributed by atoms with Crippen LogP contribution in [-0.4, -0.2) is 196 Å². The van der Waals surface area contributed by atoms with Gasteiger partial charge in [-0.3, -0.25) is 0 Å². The minimum Gasteiger partial charge on any atom is -0.460 e. The van der Waals surface area contributed by atoms with E-state index in [4.69, 9.17) is 37.9 Å². The molecular weight excluding hydrogens is 736 g/mol. The van der Waals surface area contributed by atoms with Gasteiger partial charge in [-0.05, 0) is 20.8 Å². The molecule has 19 heteroatoms. The van der Waals surface area contributed by atoms with Crippen LogP contribution in [0.3, 0.4) is 0 Å². The summed E-state index contributed by atoms with van der Waals surface area (Å²) in [6.07, 6.45) is 4.21. The van der Waals surface area contributed by atoms with E-state index in [1.165, 1.54) is 36.5 Å². The average Bonchev–Trinajstić information content (AvgIpc) is 3.17. The van der Waals surface area contributed by atoms with E-state index in [0.29, 0.717) is 0 Å². The average molecular weight is 799 g/mol. The van der Waals surface area contributed by atoms with E-state index < -0.39 is 85.5 Å². The molecule has 0 amide bonds.